The largest absolute Gasteiger partial charge is 4.00 e. The van der Waals surface area contributed by atoms with Crippen molar-refractivity contribution in [2.45, 2.75) is 0 Å². The topological polar surface area (TPSA) is 240 Å². The van der Waals surface area contributed by atoms with Gasteiger partial charge in [-0.3, -0.25) is 0 Å². The first-order valence-corrected chi connectivity index (χ1v) is 0. The van der Waals surface area contributed by atoms with Crippen molar-refractivity contribution in [3.05, 3.63) is 7.43 Å². The van der Waals surface area contributed by atoms with Crippen molar-refractivity contribution in [1.82, 2.24) is 0 Å². The molecule has 0 unspecified atom stereocenters. The quantitative estimate of drug-likeness (QED) is 0.506. The maximum Gasteiger partial charge on any atom is 4.00 e. The Labute approximate surface area is 85.2 Å². The molecule has 0 saturated carbocycles. The zero-order chi connectivity index (χ0) is 0. The van der Waals surface area contributed by atoms with Gasteiger partial charge in [-0.1, -0.05) is 0 Å². The summed E-state index contributed by atoms with van der Waals surface area (Å²) >= 11 is 0. The van der Waals surface area contributed by atoms with E-state index >= 15 is 0 Å². The molecule has 0 bridgehead atoms. The van der Waals surface area contributed by atoms with Gasteiger partial charge in [-0.2, -0.15) is 0 Å². The zero-order valence-electron chi connectivity index (χ0n) is 4.74. The molecule has 0 rings (SSSR count). The maximum absolute atomic E-state index is 0. The Hall–Kier alpha value is 0.693. The molecule has 0 aliphatic carbocycles. The fraction of sp³-hybridized carbons (Fsp3) is 0. The van der Waals surface area contributed by atoms with Gasteiger partial charge in [-0.05, 0) is 0 Å². The predicted octanol–water partition coefficient (Wildman–Crippen LogP) is -1.34. The van der Waals surface area contributed by atoms with Crippen LogP contribution in [-0.2, 0) is 33.6 Å². The molecule has 0 atom stereocenters. The molecule has 0 heterocycles. The van der Waals surface area contributed by atoms with Gasteiger partial charge < -0.3 is 43.8 Å². The third kappa shape index (κ3) is 1680. The standard InChI is InChI=1S/C.2Co.8H2O/h;;;8*1H2/q+4;2*+2;;;;;;;;/p-8. The van der Waals surface area contributed by atoms with Crippen molar-refractivity contribution in [1.29, 1.82) is 0 Å². The molecule has 0 aliphatic rings. The van der Waals surface area contributed by atoms with Crippen molar-refractivity contribution < 1.29 is 77.4 Å². The molecule has 0 saturated heterocycles. The summed E-state index contributed by atoms with van der Waals surface area (Å²) in [5.41, 5.74) is 0. The van der Waals surface area contributed by atoms with E-state index in [0.29, 0.717) is 0 Å². The minimum absolute atomic E-state index is 0. The van der Waals surface area contributed by atoms with Gasteiger partial charge >= 0.3 is 41.0 Å². The van der Waals surface area contributed by atoms with Crippen molar-refractivity contribution in [3.8, 4) is 0 Å². The third-order valence-electron chi connectivity index (χ3n) is 0. The second-order valence-electron chi connectivity index (χ2n) is 0. The second kappa shape index (κ2) is 2090. The van der Waals surface area contributed by atoms with Gasteiger partial charge in [-0.25, -0.2) is 0 Å². The number of hydrogen-bond donors (Lipinski definition) is 0. The molecule has 0 spiro atoms. The summed E-state index contributed by atoms with van der Waals surface area (Å²) in [4.78, 5) is 0. The van der Waals surface area contributed by atoms with E-state index in [9.17, 15) is 0 Å². The Morgan fingerprint density at radius 2 is 0.273 bits per heavy atom. The molecule has 11 heavy (non-hydrogen) atoms. The summed E-state index contributed by atoms with van der Waals surface area (Å²) in [5.74, 6) is 0. The van der Waals surface area contributed by atoms with E-state index in [1.807, 2.05) is 0 Å². The Bertz CT molecular complexity index is 12.1. The van der Waals surface area contributed by atoms with Crippen LogP contribution >= 0.6 is 0 Å². The molecule has 0 aromatic heterocycles. The van der Waals surface area contributed by atoms with E-state index in [0.717, 1.165) is 0 Å². The number of rotatable bonds is 0. The summed E-state index contributed by atoms with van der Waals surface area (Å²) in [6.07, 6.45) is 0. The Balaban J connectivity index is 0. The molecule has 8 N–H and O–H groups in total. The average molecular weight is 266 g/mol. The second-order valence-corrected chi connectivity index (χ2v) is 0. The fourth-order valence-corrected chi connectivity index (χ4v) is 0. The molecule has 78 valence electrons. The molecule has 0 amide bonds. The van der Waals surface area contributed by atoms with E-state index in [-0.39, 0.29) is 84.8 Å². The predicted molar refractivity (Wildman–Crippen MR) is 18.7 cm³/mol. The van der Waals surface area contributed by atoms with Crippen LogP contribution in [0.15, 0.2) is 0 Å². The van der Waals surface area contributed by atoms with Crippen LogP contribution in [0.3, 0.4) is 0 Å². The van der Waals surface area contributed by atoms with E-state index in [1.165, 1.54) is 0 Å². The minimum Gasteiger partial charge on any atom is -0.870 e. The van der Waals surface area contributed by atoms with Crippen LogP contribution in [0.4, 0.5) is 0 Å². The van der Waals surface area contributed by atoms with Crippen LogP contribution in [0.2, 0.25) is 0 Å². The maximum atomic E-state index is 0. The van der Waals surface area contributed by atoms with E-state index in [4.69, 9.17) is 0 Å². The van der Waals surface area contributed by atoms with Crippen molar-refractivity contribution in [2.75, 3.05) is 0 Å². The van der Waals surface area contributed by atoms with Gasteiger partial charge in [0, 0.05) is 0 Å². The first kappa shape index (κ1) is 2780. The smallest absolute Gasteiger partial charge is 0.870 e. The van der Waals surface area contributed by atoms with Crippen molar-refractivity contribution in [2.24, 2.45) is 0 Å². The monoisotopic (exact) mass is 266 g/mol. The van der Waals surface area contributed by atoms with Crippen LogP contribution in [0, 0.1) is 7.43 Å². The molecular weight excluding hydrogens is 258 g/mol. The minimum atomic E-state index is 0. The molecule has 2 radical (unpaired) electrons. The SMILES string of the molecule is [C+4].[Co+2].[Co+2].[OH-].[OH-].[OH-].[OH-].[OH-].[OH-].[OH-].[OH-]. The Morgan fingerprint density at radius 1 is 0.273 bits per heavy atom. The van der Waals surface area contributed by atoms with Gasteiger partial charge in [0.05, 0.1) is 0 Å². The summed E-state index contributed by atoms with van der Waals surface area (Å²) in [5, 5.41) is 0. The molecule has 8 nitrogen and oxygen atoms in total. The van der Waals surface area contributed by atoms with Crippen LogP contribution in [0.25, 0.3) is 0 Å². The molecule has 0 aromatic rings. The Morgan fingerprint density at radius 3 is 0.273 bits per heavy atom. The van der Waals surface area contributed by atoms with Crippen LogP contribution in [0.1, 0.15) is 0 Å². The first-order chi connectivity index (χ1) is 0. The summed E-state index contributed by atoms with van der Waals surface area (Å²) < 4.78 is 0. The summed E-state index contributed by atoms with van der Waals surface area (Å²) in [6, 6.07) is 0. The number of hydrogen-bond acceptors (Lipinski definition) is 8. The van der Waals surface area contributed by atoms with E-state index < -0.39 is 0 Å². The van der Waals surface area contributed by atoms with Gasteiger partial charge in [0.15, 0.2) is 0 Å². The molecule has 0 aromatic carbocycles. The Kier molecular flexibility index (Phi) is 529000. The van der Waals surface area contributed by atoms with Crippen LogP contribution in [-0.4, -0.2) is 43.8 Å². The van der Waals surface area contributed by atoms with Crippen LogP contribution in [0.5, 0.6) is 0 Å². The summed E-state index contributed by atoms with van der Waals surface area (Å²) in [6.45, 7) is 0. The van der Waals surface area contributed by atoms with Gasteiger partial charge in [0.1, 0.15) is 0 Å². The van der Waals surface area contributed by atoms with Crippen LogP contribution < -0.4 is 0 Å². The van der Waals surface area contributed by atoms with Crippen molar-refractivity contribution >= 4 is 0 Å². The average Bonchev–Trinajstić information content (AvgIpc) is 0. The van der Waals surface area contributed by atoms with Gasteiger partial charge in [0.2, 0.25) is 0 Å². The molecule has 0 fully saturated rings. The zero-order valence-corrected chi connectivity index (χ0v) is 6.83. The summed E-state index contributed by atoms with van der Waals surface area (Å²) in [7, 11) is 0. The van der Waals surface area contributed by atoms with Gasteiger partial charge in [0.25, 0.3) is 0 Å². The molecule has 10 heteroatoms. The van der Waals surface area contributed by atoms with Gasteiger partial charge in [-0.15, -0.1) is 0 Å². The van der Waals surface area contributed by atoms with E-state index in [1.54, 1.807) is 0 Å². The normalized spacial score (nSPS) is 0. The fourth-order valence-electron chi connectivity index (χ4n) is 0. The van der Waals surface area contributed by atoms with Crippen molar-refractivity contribution in [3.63, 3.8) is 0 Å². The third-order valence-corrected chi connectivity index (χ3v) is 0. The van der Waals surface area contributed by atoms with E-state index in [2.05, 4.69) is 0 Å². The molecular formula is CH8Co2O8. The molecule has 0 aliphatic heterocycles. The first-order valence-electron chi connectivity index (χ1n) is 0.